The first-order valence-electron chi connectivity index (χ1n) is 7.09. The van der Waals surface area contributed by atoms with Crippen LogP contribution in [0, 0.1) is 13.8 Å². The molecule has 1 atom stereocenters. The molecule has 0 radical (unpaired) electrons. The van der Waals surface area contributed by atoms with E-state index in [4.69, 9.17) is 10.5 Å². The molecule has 3 rings (SSSR count). The Bertz CT molecular complexity index is 639. The van der Waals surface area contributed by atoms with Gasteiger partial charge in [-0.1, -0.05) is 18.2 Å². The second-order valence-electron chi connectivity index (χ2n) is 5.57. The van der Waals surface area contributed by atoms with Gasteiger partial charge in [-0.15, -0.1) is 0 Å². The molecule has 1 aliphatic heterocycles. The van der Waals surface area contributed by atoms with Crippen molar-refractivity contribution in [3.05, 3.63) is 35.0 Å². The largest absolute Gasteiger partial charge is 0.383 e. The second kappa shape index (κ2) is 4.94. The monoisotopic (exact) mass is 271 g/mol. The van der Waals surface area contributed by atoms with Crippen molar-refractivity contribution in [3.8, 4) is 11.1 Å². The van der Waals surface area contributed by atoms with E-state index in [1.165, 1.54) is 11.1 Å². The van der Waals surface area contributed by atoms with Crippen LogP contribution in [0.1, 0.15) is 35.8 Å². The lowest BCUT2D eigenvalue weighted by Crippen LogP contribution is -2.00. The molecule has 1 fully saturated rings. The maximum Gasteiger partial charge on any atom is 0.129 e. The van der Waals surface area contributed by atoms with Crippen LogP contribution in [-0.4, -0.2) is 16.4 Å². The molecule has 1 aromatic heterocycles. The van der Waals surface area contributed by atoms with E-state index in [9.17, 15) is 0 Å². The standard InChI is InChI=1S/C16H21N3O/c1-10-6-7-12(9-11(10)2)14-15(13-5-4-8-20-13)18-19(3)16(14)17/h6-7,9,13H,4-5,8,17H2,1-3H3. The molecular weight excluding hydrogens is 250 g/mol. The van der Waals surface area contributed by atoms with Gasteiger partial charge in [0.2, 0.25) is 0 Å². The number of nitrogen functional groups attached to an aromatic ring is 1. The molecule has 2 heterocycles. The van der Waals surface area contributed by atoms with Gasteiger partial charge in [0.05, 0.1) is 0 Å². The number of nitrogens with two attached hydrogens (primary N) is 1. The Labute approximate surface area is 119 Å². The predicted octanol–water partition coefficient (Wildman–Crippen LogP) is 3.14. The molecule has 1 aromatic carbocycles. The van der Waals surface area contributed by atoms with Crippen molar-refractivity contribution in [2.45, 2.75) is 32.8 Å². The number of nitrogens with zero attached hydrogens (tertiary/aromatic N) is 2. The summed E-state index contributed by atoms with van der Waals surface area (Å²) in [7, 11) is 1.89. The van der Waals surface area contributed by atoms with Crippen molar-refractivity contribution in [1.82, 2.24) is 9.78 Å². The maximum absolute atomic E-state index is 6.24. The van der Waals surface area contributed by atoms with E-state index < -0.39 is 0 Å². The van der Waals surface area contributed by atoms with Gasteiger partial charge in [0.15, 0.2) is 0 Å². The van der Waals surface area contributed by atoms with Crippen molar-refractivity contribution < 1.29 is 4.74 Å². The first-order valence-corrected chi connectivity index (χ1v) is 7.09. The summed E-state index contributed by atoms with van der Waals surface area (Å²) in [5.41, 5.74) is 11.9. The fourth-order valence-electron chi connectivity index (χ4n) is 2.77. The van der Waals surface area contributed by atoms with Crippen molar-refractivity contribution in [3.63, 3.8) is 0 Å². The molecule has 0 aliphatic carbocycles. The summed E-state index contributed by atoms with van der Waals surface area (Å²) in [6.07, 6.45) is 2.19. The summed E-state index contributed by atoms with van der Waals surface area (Å²) >= 11 is 0. The first kappa shape index (κ1) is 13.2. The average molecular weight is 271 g/mol. The van der Waals surface area contributed by atoms with Crippen LogP contribution in [0.5, 0.6) is 0 Å². The number of hydrogen-bond donors (Lipinski definition) is 1. The molecule has 2 N–H and O–H groups in total. The molecule has 0 saturated carbocycles. The highest BCUT2D eigenvalue weighted by atomic mass is 16.5. The normalized spacial score (nSPS) is 18.6. The Kier molecular flexibility index (Phi) is 3.26. The average Bonchev–Trinajstić information content (AvgIpc) is 3.03. The van der Waals surface area contributed by atoms with Crippen molar-refractivity contribution >= 4 is 5.82 Å². The molecular formula is C16H21N3O. The van der Waals surface area contributed by atoms with Crippen LogP contribution in [-0.2, 0) is 11.8 Å². The fraction of sp³-hybridized carbons (Fsp3) is 0.438. The molecule has 0 bridgehead atoms. The Morgan fingerprint density at radius 3 is 2.75 bits per heavy atom. The number of aromatic nitrogens is 2. The van der Waals surface area contributed by atoms with E-state index in [-0.39, 0.29) is 6.10 Å². The van der Waals surface area contributed by atoms with Crippen LogP contribution >= 0.6 is 0 Å². The molecule has 20 heavy (non-hydrogen) atoms. The zero-order chi connectivity index (χ0) is 14.3. The highest BCUT2D eigenvalue weighted by molar-refractivity contribution is 5.77. The zero-order valence-corrected chi connectivity index (χ0v) is 12.3. The SMILES string of the molecule is Cc1ccc(-c2c(C3CCCO3)nn(C)c2N)cc1C. The predicted molar refractivity (Wildman–Crippen MR) is 80.5 cm³/mol. The van der Waals surface area contributed by atoms with Crippen LogP contribution in [0.3, 0.4) is 0 Å². The number of aryl methyl sites for hydroxylation is 3. The summed E-state index contributed by atoms with van der Waals surface area (Å²) < 4.78 is 7.54. The number of ether oxygens (including phenoxy) is 1. The van der Waals surface area contributed by atoms with Crippen LogP contribution in [0.2, 0.25) is 0 Å². The Balaban J connectivity index is 2.13. The van der Waals surface area contributed by atoms with Gasteiger partial charge in [-0.3, -0.25) is 4.68 Å². The van der Waals surface area contributed by atoms with Gasteiger partial charge in [0, 0.05) is 19.2 Å². The molecule has 4 nitrogen and oxygen atoms in total. The van der Waals surface area contributed by atoms with E-state index in [2.05, 4.69) is 37.1 Å². The number of benzene rings is 1. The van der Waals surface area contributed by atoms with E-state index >= 15 is 0 Å². The summed E-state index contributed by atoms with van der Waals surface area (Å²) in [6.45, 7) is 5.05. The van der Waals surface area contributed by atoms with Crippen molar-refractivity contribution in [2.75, 3.05) is 12.3 Å². The Morgan fingerprint density at radius 1 is 1.30 bits per heavy atom. The van der Waals surface area contributed by atoms with Crippen LogP contribution in [0.4, 0.5) is 5.82 Å². The topological polar surface area (TPSA) is 53.1 Å². The summed E-state index contributed by atoms with van der Waals surface area (Å²) in [5.74, 6) is 0.707. The highest BCUT2D eigenvalue weighted by Gasteiger charge is 2.26. The summed E-state index contributed by atoms with van der Waals surface area (Å²) in [6, 6.07) is 6.44. The van der Waals surface area contributed by atoms with Crippen LogP contribution < -0.4 is 5.73 Å². The molecule has 0 spiro atoms. The van der Waals surface area contributed by atoms with Crippen LogP contribution in [0.15, 0.2) is 18.2 Å². The smallest absolute Gasteiger partial charge is 0.129 e. The van der Waals surface area contributed by atoms with Gasteiger partial charge in [0.25, 0.3) is 0 Å². The van der Waals surface area contributed by atoms with Gasteiger partial charge in [-0.25, -0.2) is 0 Å². The molecule has 1 saturated heterocycles. The van der Waals surface area contributed by atoms with Gasteiger partial charge < -0.3 is 10.5 Å². The summed E-state index contributed by atoms with van der Waals surface area (Å²) in [4.78, 5) is 0. The van der Waals surface area contributed by atoms with E-state index in [0.29, 0.717) is 5.82 Å². The molecule has 2 aromatic rings. The fourth-order valence-corrected chi connectivity index (χ4v) is 2.77. The van der Waals surface area contributed by atoms with Gasteiger partial charge in [-0.2, -0.15) is 5.10 Å². The Morgan fingerprint density at radius 2 is 2.10 bits per heavy atom. The third-order valence-electron chi connectivity index (χ3n) is 4.15. The van der Waals surface area contributed by atoms with Crippen molar-refractivity contribution in [1.29, 1.82) is 0 Å². The maximum atomic E-state index is 6.24. The lowest BCUT2D eigenvalue weighted by atomic mass is 9.98. The number of anilines is 1. The zero-order valence-electron chi connectivity index (χ0n) is 12.3. The molecule has 0 amide bonds. The lowest BCUT2D eigenvalue weighted by molar-refractivity contribution is 0.108. The van der Waals surface area contributed by atoms with Gasteiger partial charge in [-0.05, 0) is 43.4 Å². The third kappa shape index (κ3) is 2.10. The quantitative estimate of drug-likeness (QED) is 0.913. The van der Waals surface area contributed by atoms with E-state index in [1.54, 1.807) is 4.68 Å². The molecule has 1 unspecified atom stereocenters. The lowest BCUT2D eigenvalue weighted by Gasteiger charge is -2.11. The van der Waals surface area contributed by atoms with E-state index in [1.807, 2.05) is 7.05 Å². The minimum atomic E-state index is 0.0788. The third-order valence-corrected chi connectivity index (χ3v) is 4.15. The van der Waals surface area contributed by atoms with Crippen LogP contribution in [0.25, 0.3) is 11.1 Å². The number of rotatable bonds is 2. The molecule has 106 valence electrons. The van der Waals surface area contributed by atoms with Gasteiger partial charge >= 0.3 is 0 Å². The Hall–Kier alpha value is -1.81. The molecule has 4 heteroatoms. The minimum Gasteiger partial charge on any atom is -0.383 e. The summed E-state index contributed by atoms with van der Waals surface area (Å²) in [5, 5.41) is 4.59. The molecule has 1 aliphatic rings. The van der Waals surface area contributed by atoms with Gasteiger partial charge in [0.1, 0.15) is 17.6 Å². The van der Waals surface area contributed by atoms with E-state index in [0.717, 1.165) is 36.3 Å². The highest BCUT2D eigenvalue weighted by Crippen LogP contribution is 2.38. The second-order valence-corrected chi connectivity index (χ2v) is 5.57. The first-order chi connectivity index (χ1) is 9.58. The minimum absolute atomic E-state index is 0.0788. The number of hydrogen-bond acceptors (Lipinski definition) is 3. The van der Waals surface area contributed by atoms with Crippen molar-refractivity contribution in [2.24, 2.45) is 7.05 Å².